The molecule has 0 N–H and O–H groups in total. The van der Waals surface area contributed by atoms with E-state index in [1.165, 1.54) is 33.4 Å². The maximum absolute atomic E-state index is 5.04. The number of hydrogen-bond acceptors (Lipinski definition) is 0. The average Bonchev–Trinajstić information content (AvgIpc) is 2.84. The molecule has 5 heteroatoms. The molecule has 0 saturated carbocycles. The van der Waals surface area contributed by atoms with Crippen molar-refractivity contribution in [1.82, 2.24) is 0 Å². The van der Waals surface area contributed by atoms with Gasteiger partial charge in [-0.05, 0) is 46.6 Å². The second kappa shape index (κ2) is 8.49. The average molecular weight is 495 g/mol. The molecule has 0 spiro atoms. The van der Waals surface area contributed by atoms with Gasteiger partial charge in [0.15, 0.2) is 0 Å². The van der Waals surface area contributed by atoms with Gasteiger partial charge in [0.2, 0.25) is 0 Å². The van der Waals surface area contributed by atoms with Crippen molar-refractivity contribution in [3.05, 3.63) is 64.7 Å². The van der Waals surface area contributed by atoms with Crippen molar-refractivity contribution in [1.29, 1.82) is 0 Å². The minimum atomic E-state index is -3.29. The molecule has 0 nitrogen and oxygen atoms in total. The van der Waals surface area contributed by atoms with Gasteiger partial charge in [-0.3, -0.25) is 0 Å². The van der Waals surface area contributed by atoms with E-state index in [0.29, 0.717) is 0 Å². The van der Waals surface area contributed by atoms with Crippen LogP contribution >= 0.6 is 34.1 Å². The van der Waals surface area contributed by atoms with Crippen LogP contribution in [-0.4, -0.2) is 0 Å². The summed E-state index contributed by atoms with van der Waals surface area (Å²) in [6.45, 7) is 8.99. The van der Waals surface area contributed by atoms with Crippen LogP contribution in [0.25, 0.3) is 17.2 Å². The summed E-state index contributed by atoms with van der Waals surface area (Å²) in [4.78, 5) is 0. The van der Waals surface area contributed by atoms with E-state index < -0.39 is 15.5 Å². The van der Waals surface area contributed by atoms with Crippen LogP contribution in [0.1, 0.15) is 44.4 Å². The molecule has 0 saturated heterocycles. The zero-order valence-electron chi connectivity index (χ0n) is 14.8. The van der Waals surface area contributed by atoms with Gasteiger partial charge in [-0.15, -0.1) is 0 Å². The Morgan fingerprint density at radius 2 is 1.44 bits per heavy atom. The quantitative estimate of drug-likeness (QED) is 0.373. The molecule has 0 bridgehead atoms. The van der Waals surface area contributed by atoms with Crippen LogP contribution in [0.3, 0.4) is 0 Å². The molecule has 0 amide bonds. The van der Waals surface area contributed by atoms with Crippen LogP contribution in [0.5, 0.6) is 0 Å². The Morgan fingerprint density at radius 3 is 1.96 bits per heavy atom. The Hall–Kier alpha value is 0.223. The molecule has 0 heterocycles. The minimum absolute atomic E-state index is 0.216. The summed E-state index contributed by atoms with van der Waals surface area (Å²) in [6.07, 6.45) is 3.44. The van der Waals surface area contributed by atoms with Gasteiger partial charge >= 0.3 is 49.5 Å². The van der Waals surface area contributed by atoms with E-state index in [9.17, 15) is 0 Å². The molecule has 25 heavy (non-hydrogen) atoms. The van der Waals surface area contributed by atoms with E-state index in [1.807, 2.05) is 0 Å². The van der Waals surface area contributed by atoms with Crippen LogP contribution in [0, 0.1) is 0 Å². The number of rotatable bonds is 1. The normalized spacial score (nSPS) is 13.7. The first-order chi connectivity index (χ1) is 11.4. The molecular weight excluding hydrogens is 473 g/mol. The van der Waals surface area contributed by atoms with Gasteiger partial charge in [0.1, 0.15) is 0 Å². The predicted octanol–water partition coefficient (Wildman–Crippen LogP) is 8.37. The Morgan fingerprint density at radius 1 is 0.880 bits per heavy atom. The Balaban J connectivity index is 0.000000399. The second-order valence-corrected chi connectivity index (χ2v) is 29.7. The van der Waals surface area contributed by atoms with Gasteiger partial charge in [0, 0.05) is 0 Å². The molecule has 2 aromatic carbocycles. The van der Waals surface area contributed by atoms with Gasteiger partial charge < -0.3 is 0 Å². The van der Waals surface area contributed by atoms with Gasteiger partial charge in [-0.1, -0.05) is 74.9 Å². The van der Waals surface area contributed by atoms with Crippen LogP contribution in [-0.2, 0) is 27.3 Å². The van der Waals surface area contributed by atoms with Gasteiger partial charge in [0.05, 0.1) is 0 Å². The summed E-state index contributed by atoms with van der Waals surface area (Å²) >= 11 is -3.29. The Kier molecular flexibility index (Phi) is 7.31. The Labute approximate surface area is 169 Å². The summed E-state index contributed by atoms with van der Waals surface area (Å²) in [5.41, 5.74) is 8.61. The SMILES string of the molecule is CC1=Cc2c(cccc2-c2ccc(C(C)(C)C)cc2)C1.[Cl][Zr]([Cl])([Cl])[Cl]. The molecule has 0 radical (unpaired) electrons. The number of allylic oxidation sites excluding steroid dienone is 1. The van der Waals surface area contributed by atoms with E-state index in [-0.39, 0.29) is 5.41 Å². The molecule has 0 fully saturated rings. The first kappa shape index (κ1) is 21.5. The van der Waals surface area contributed by atoms with Crippen LogP contribution in [0.2, 0.25) is 0 Å². The van der Waals surface area contributed by atoms with Crippen LogP contribution < -0.4 is 0 Å². The van der Waals surface area contributed by atoms with Crippen LogP contribution in [0.15, 0.2) is 48.0 Å². The van der Waals surface area contributed by atoms with E-state index >= 15 is 0 Å². The van der Waals surface area contributed by atoms with Crippen molar-refractivity contribution >= 4 is 40.1 Å². The van der Waals surface area contributed by atoms with E-state index in [2.05, 4.69) is 76.2 Å². The molecule has 0 unspecified atom stereocenters. The molecule has 2 aromatic rings. The van der Waals surface area contributed by atoms with Gasteiger partial charge in [-0.2, -0.15) is 0 Å². The summed E-state index contributed by atoms with van der Waals surface area (Å²) in [5, 5.41) is 0. The third-order valence-corrected chi connectivity index (χ3v) is 4.12. The fourth-order valence-electron chi connectivity index (χ4n) is 2.94. The third-order valence-electron chi connectivity index (χ3n) is 4.12. The number of benzene rings is 2. The summed E-state index contributed by atoms with van der Waals surface area (Å²) in [5.74, 6) is 0. The number of hydrogen-bond donors (Lipinski definition) is 0. The predicted molar refractivity (Wildman–Crippen MR) is 111 cm³/mol. The number of halogens is 4. The van der Waals surface area contributed by atoms with Crippen molar-refractivity contribution in [3.63, 3.8) is 0 Å². The molecule has 1 aliphatic rings. The van der Waals surface area contributed by atoms with Gasteiger partial charge in [0.25, 0.3) is 0 Å². The molecular formula is C20H22Cl4Zr. The van der Waals surface area contributed by atoms with E-state index in [0.717, 1.165) is 6.42 Å². The zero-order chi connectivity index (χ0) is 18.8. The molecule has 0 aliphatic heterocycles. The van der Waals surface area contributed by atoms with Crippen molar-refractivity contribution in [2.45, 2.75) is 39.5 Å². The molecule has 1 aliphatic carbocycles. The Bertz CT molecular complexity index is 760. The van der Waals surface area contributed by atoms with Gasteiger partial charge in [-0.25, -0.2) is 0 Å². The van der Waals surface area contributed by atoms with E-state index in [1.54, 1.807) is 0 Å². The fraction of sp³-hybridized carbons (Fsp3) is 0.300. The summed E-state index contributed by atoms with van der Waals surface area (Å²) in [7, 11) is 20.1. The molecule has 3 rings (SSSR count). The monoisotopic (exact) mass is 492 g/mol. The summed E-state index contributed by atoms with van der Waals surface area (Å²) < 4.78 is 0. The fourth-order valence-corrected chi connectivity index (χ4v) is 2.94. The zero-order valence-corrected chi connectivity index (χ0v) is 20.3. The molecule has 0 atom stereocenters. The molecule has 134 valence electrons. The van der Waals surface area contributed by atoms with Crippen molar-refractivity contribution < 1.29 is 15.5 Å². The molecule has 0 aromatic heterocycles. The maximum atomic E-state index is 5.04. The third kappa shape index (κ3) is 6.71. The van der Waals surface area contributed by atoms with Crippen LogP contribution in [0.4, 0.5) is 0 Å². The van der Waals surface area contributed by atoms with Crippen molar-refractivity contribution in [3.8, 4) is 11.1 Å². The summed E-state index contributed by atoms with van der Waals surface area (Å²) in [6, 6.07) is 15.7. The van der Waals surface area contributed by atoms with Crippen molar-refractivity contribution in [2.24, 2.45) is 0 Å². The first-order valence-corrected chi connectivity index (χ1v) is 20.8. The van der Waals surface area contributed by atoms with Crippen molar-refractivity contribution in [2.75, 3.05) is 0 Å². The topological polar surface area (TPSA) is 0 Å². The number of fused-ring (bicyclic) bond motifs is 1. The first-order valence-electron chi connectivity index (χ1n) is 8.11. The standard InChI is InChI=1S/C20H22.4ClH.Zr/c1-14-12-16-6-5-7-18(19(16)13-14)15-8-10-17(11-9-15)20(2,3)4;;;;;/h5-11,13H,12H2,1-4H3;4*1H;/q;;;;;+4/p-4. The second-order valence-electron chi connectivity index (χ2n) is 7.30. The van der Waals surface area contributed by atoms with E-state index in [4.69, 9.17) is 34.1 Å².